The Bertz CT molecular complexity index is 937. The zero-order valence-corrected chi connectivity index (χ0v) is 14.8. The number of methoxy groups -OCH3 is 1. The molecular formula is C19H16N2O4S. The summed E-state index contributed by atoms with van der Waals surface area (Å²) in [5.74, 6) is 2.05. The molecule has 0 fully saturated rings. The van der Waals surface area contributed by atoms with Gasteiger partial charge in [0.15, 0.2) is 16.6 Å². The molecule has 6 nitrogen and oxygen atoms in total. The number of nitrogens with zero attached hydrogens (tertiary/aromatic N) is 1. The lowest BCUT2D eigenvalue weighted by molar-refractivity contribution is -0.115. The highest BCUT2D eigenvalue weighted by Gasteiger charge is 2.15. The van der Waals surface area contributed by atoms with Gasteiger partial charge in [-0.1, -0.05) is 6.07 Å². The first-order valence-electron chi connectivity index (χ1n) is 7.99. The molecule has 0 spiro atoms. The third-order valence-corrected chi connectivity index (χ3v) is 4.70. The van der Waals surface area contributed by atoms with Crippen LogP contribution in [-0.2, 0) is 11.2 Å². The number of thiazole rings is 1. The van der Waals surface area contributed by atoms with Crippen LogP contribution in [0.4, 0.5) is 5.13 Å². The van der Waals surface area contributed by atoms with Gasteiger partial charge in [0.25, 0.3) is 0 Å². The largest absolute Gasteiger partial charge is 0.497 e. The van der Waals surface area contributed by atoms with Crippen LogP contribution in [0.1, 0.15) is 5.56 Å². The van der Waals surface area contributed by atoms with E-state index < -0.39 is 0 Å². The summed E-state index contributed by atoms with van der Waals surface area (Å²) in [6, 6.07) is 13.1. The van der Waals surface area contributed by atoms with Crippen molar-refractivity contribution in [3.63, 3.8) is 0 Å². The van der Waals surface area contributed by atoms with Crippen molar-refractivity contribution in [3.8, 4) is 28.5 Å². The molecule has 4 rings (SSSR count). The molecule has 0 saturated heterocycles. The first-order valence-corrected chi connectivity index (χ1v) is 8.87. The molecule has 0 unspecified atom stereocenters. The van der Waals surface area contributed by atoms with Crippen molar-refractivity contribution in [2.24, 2.45) is 0 Å². The van der Waals surface area contributed by atoms with Gasteiger partial charge in [0.2, 0.25) is 12.7 Å². The summed E-state index contributed by atoms with van der Waals surface area (Å²) in [4.78, 5) is 16.8. The maximum Gasteiger partial charge on any atom is 0.231 e. The molecule has 132 valence electrons. The molecule has 0 radical (unpaired) electrons. The fraction of sp³-hybridized carbons (Fsp3) is 0.158. The molecule has 2 heterocycles. The second-order valence-corrected chi connectivity index (χ2v) is 6.54. The number of aromatic nitrogens is 1. The molecule has 7 heteroatoms. The smallest absolute Gasteiger partial charge is 0.231 e. The van der Waals surface area contributed by atoms with Gasteiger partial charge in [0.1, 0.15) is 5.75 Å². The lowest BCUT2D eigenvalue weighted by atomic mass is 10.1. The van der Waals surface area contributed by atoms with Gasteiger partial charge < -0.3 is 19.5 Å². The van der Waals surface area contributed by atoms with Crippen LogP contribution in [0.25, 0.3) is 11.3 Å². The van der Waals surface area contributed by atoms with E-state index in [4.69, 9.17) is 14.2 Å². The average Bonchev–Trinajstić information content (AvgIpc) is 3.30. The lowest BCUT2D eigenvalue weighted by Crippen LogP contribution is -2.14. The number of nitrogens with one attached hydrogen (secondary N) is 1. The van der Waals surface area contributed by atoms with Gasteiger partial charge in [-0.05, 0) is 42.0 Å². The van der Waals surface area contributed by atoms with Crippen LogP contribution in [0.2, 0.25) is 0 Å². The van der Waals surface area contributed by atoms with Gasteiger partial charge >= 0.3 is 0 Å². The summed E-state index contributed by atoms with van der Waals surface area (Å²) < 4.78 is 15.8. The maximum atomic E-state index is 12.3. The Labute approximate surface area is 154 Å². The van der Waals surface area contributed by atoms with Crippen molar-refractivity contribution in [1.29, 1.82) is 0 Å². The summed E-state index contributed by atoms with van der Waals surface area (Å²) in [5, 5.41) is 5.33. The van der Waals surface area contributed by atoms with Gasteiger partial charge in [0.05, 0.1) is 19.2 Å². The monoisotopic (exact) mass is 368 g/mol. The maximum absolute atomic E-state index is 12.3. The van der Waals surface area contributed by atoms with Crippen LogP contribution >= 0.6 is 11.3 Å². The molecule has 1 amide bonds. The number of carbonyl (C=O) groups excluding carboxylic acids is 1. The van der Waals surface area contributed by atoms with Crippen molar-refractivity contribution in [2.75, 3.05) is 19.2 Å². The minimum absolute atomic E-state index is 0.125. The minimum atomic E-state index is -0.125. The Morgan fingerprint density at radius 1 is 1.19 bits per heavy atom. The van der Waals surface area contributed by atoms with Crippen molar-refractivity contribution >= 4 is 22.4 Å². The third kappa shape index (κ3) is 3.48. The zero-order valence-electron chi connectivity index (χ0n) is 14.0. The topological polar surface area (TPSA) is 69.7 Å². The molecule has 1 aliphatic rings. The number of ether oxygens (including phenoxy) is 3. The molecule has 3 aromatic rings. The normalized spacial score (nSPS) is 12.0. The number of hydrogen-bond donors (Lipinski definition) is 1. The Hall–Kier alpha value is -3.06. The Morgan fingerprint density at radius 3 is 2.81 bits per heavy atom. The number of rotatable bonds is 5. The van der Waals surface area contributed by atoms with Crippen molar-refractivity contribution in [2.45, 2.75) is 6.42 Å². The van der Waals surface area contributed by atoms with E-state index in [1.807, 2.05) is 47.8 Å². The van der Waals surface area contributed by atoms with E-state index in [-0.39, 0.29) is 19.1 Å². The van der Waals surface area contributed by atoms with Crippen LogP contribution in [0.5, 0.6) is 17.2 Å². The van der Waals surface area contributed by atoms with Crippen LogP contribution < -0.4 is 19.5 Å². The highest BCUT2D eigenvalue weighted by atomic mass is 32.1. The molecule has 2 aromatic carbocycles. The van der Waals surface area contributed by atoms with E-state index in [0.717, 1.165) is 22.6 Å². The van der Waals surface area contributed by atoms with E-state index in [2.05, 4.69) is 10.3 Å². The fourth-order valence-electron chi connectivity index (χ4n) is 2.63. The molecule has 1 N–H and O–H groups in total. The van der Waals surface area contributed by atoms with Gasteiger partial charge in [-0.15, -0.1) is 11.3 Å². The van der Waals surface area contributed by atoms with Crippen molar-refractivity contribution in [3.05, 3.63) is 53.4 Å². The lowest BCUT2D eigenvalue weighted by Gasteiger charge is -2.04. The van der Waals surface area contributed by atoms with Crippen LogP contribution in [-0.4, -0.2) is 24.8 Å². The second kappa shape index (κ2) is 7.05. The summed E-state index contributed by atoms with van der Waals surface area (Å²) in [6.45, 7) is 0.220. The van der Waals surface area contributed by atoms with E-state index in [0.29, 0.717) is 16.6 Å². The molecule has 0 bridgehead atoms. The zero-order chi connectivity index (χ0) is 17.9. The number of benzene rings is 2. The summed E-state index contributed by atoms with van der Waals surface area (Å²) in [5.41, 5.74) is 2.65. The number of carbonyl (C=O) groups is 1. The Morgan fingerprint density at radius 2 is 2.00 bits per heavy atom. The van der Waals surface area contributed by atoms with E-state index in [1.54, 1.807) is 7.11 Å². The second-order valence-electron chi connectivity index (χ2n) is 5.68. The summed E-state index contributed by atoms with van der Waals surface area (Å²) in [6.07, 6.45) is 0.244. The number of hydrogen-bond acceptors (Lipinski definition) is 6. The third-order valence-electron chi connectivity index (χ3n) is 3.94. The molecule has 1 aliphatic heterocycles. The number of fused-ring (bicyclic) bond motifs is 1. The quantitative estimate of drug-likeness (QED) is 0.743. The van der Waals surface area contributed by atoms with Crippen LogP contribution in [0.3, 0.4) is 0 Å². The SMILES string of the molecule is COc1ccc(-c2csc(NC(=O)Cc3ccc4c(c3)OCO4)n2)cc1. The highest BCUT2D eigenvalue weighted by molar-refractivity contribution is 7.14. The van der Waals surface area contributed by atoms with Crippen LogP contribution in [0, 0.1) is 0 Å². The molecule has 0 saturated carbocycles. The van der Waals surface area contributed by atoms with E-state index in [1.165, 1.54) is 11.3 Å². The average molecular weight is 368 g/mol. The van der Waals surface area contributed by atoms with Gasteiger partial charge in [-0.2, -0.15) is 0 Å². The molecule has 0 aliphatic carbocycles. The van der Waals surface area contributed by atoms with Gasteiger partial charge in [-0.3, -0.25) is 4.79 Å². The van der Waals surface area contributed by atoms with Gasteiger partial charge in [-0.25, -0.2) is 4.98 Å². The summed E-state index contributed by atoms with van der Waals surface area (Å²) in [7, 11) is 1.63. The fourth-order valence-corrected chi connectivity index (χ4v) is 3.36. The molecule has 26 heavy (non-hydrogen) atoms. The Kier molecular flexibility index (Phi) is 4.45. The Balaban J connectivity index is 1.41. The van der Waals surface area contributed by atoms with Crippen molar-refractivity contribution in [1.82, 2.24) is 4.98 Å². The summed E-state index contributed by atoms with van der Waals surface area (Å²) >= 11 is 1.39. The molecule has 0 atom stereocenters. The molecular weight excluding hydrogens is 352 g/mol. The number of amides is 1. The number of anilines is 1. The predicted molar refractivity (Wildman–Crippen MR) is 99.0 cm³/mol. The van der Waals surface area contributed by atoms with E-state index in [9.17, 15) is 4.79 Å². The van der Waals surface area contributed by atoms with E-state index >= 15 is 0 Å². The first kappa shape index (κ1) is 16.4. The molecule has 1 aromatic heterocycles. The van der Waals surface area contributed by atoms with Crippen LogP contribution in [0.15, 0.2) is 47.8 Å². The predicted octanol–water partition coefficient (Wildman–Crippen LogP) is 3.73. The standard InChI is InChI=1S/C19H16N2O4S/c1-23-14-5-3-13(4-6-14)15-10-26-19(20-15)21-18(22)9-12-2-7-16-17(8-12)25-11-24-16/h2-8,10H,9,11H2,1H3,(H,20,21,22). The highest BCUT2D eigenvalue weighted by Crippen LogP contribution is 2.32. The van der Waals surface area contributed by atoms with Gasteiger partial charge in [0, 0.05) is 10.9 Å². The first-order chi connectivity index (χ1) is 12.7. The minimum Gasteiger partial charge on any atom is -0.497 e. The van der Waals surface area contributed by atoms with Crippen molar-refractivity contribution < 1.29 is 19.0 Å².